The Labute approximate surface area is 159 Å². The van der Waals surface area contributed by atoms with Crippen molar-refractivity contribution in [2.75, 3.05) is 6.17 Å². The van der Waals surface area contributed by atoms with E-state index in [0.29, 0.717) is 17.8 Å². The summed E-state index contributed by atoms with van der Waals surface area (Å²) >= 11 is 5.77. The van der Waals surface area contributed by atoms with Crippen molar-refractivity contribution in [3.8, 4) is 0 Å². The van der Waals surface area contributed by atoms with Gasteiger partial charge in [-0.05, 0) is 32.9 Å². The van der Waals surface area contributed by atoms with E-state index in [0.717, 1.165) is 0 Å². The first-order valence-corrected chi connectivity index (χ1v) is 12.4. The zero-order valence-corrected chi connectivity index (χ0v) is 17.6. The number of carbonyl (C=O) groups excluding carboxylic acids is 2. The number of nitrogens with zero attached hydrogens (tertiary/aromatic N) is 1. The molecule has 5 nitrogen and oxygen atoms in total. The number of halogens is 2. The van der Waals surface area contributed by atoms with Gasteiger partial charge in [-0.1, -0.05) is 36.8 Å². The highest BCUT2D eigenvalue weighted by atomic mass is 35.5. The van der Waals surface area contributed by atoms with E-state index >= 15 is 0 Å². The first kappa shape index (κ1) is 20.7. The minimum Gasteiger partial charge on any atom is -0.444 e. The highest BCUT2D eigenvalue weighted by molar-refractivity contribution is 6.79. The van der Waals surface area contributed by atoms with Gasteiger partial charge in [-0.3, -0.25) is 9.69 Å². The third kappa shape index (κ3) is 5.20. The summed E-state index contributed by atoms with van der Waals surface area (Å²) in [6, 6.07) is 4.72. The number of benzene rings is 1. The quantitative estimate of drug-likeness (QED) is 0.781. The Morgan fingerprint density at radius 2 is 2.04 bits per heavy atom. The Morgan fingerprint density at radius 3 is 2.65 bits per heavy atom. The molecule has 2 amide bonds. The van der Waals surface area contributed by atoms with Gasteiger partial charge < -0.3 is 10.1 Å². The molecule has 1 fully saturated rings. The van der Waals surface area contributed by atoms with E-state index in [-0.39, 0.29) is 17.5 Å². The fourth-order valence-corrected chi connectivity index (χ4v) is 6.05. The standard InChI is InChI=1S/C18H26ClFN2O3Si/c1-18(2,3)25-17(24)22-11-26(4,5)10-14(22)16(23)21-9-12-7-6-8-13(19)15(12)20/h6-8,14H,9-11H2,1-5H3,(H,21,23)/t14-/m0/s1. The van der Waals surface area contributed by atoms with Crippen LogP contribution in [0, 0.1) is 5.82 Å². The normalized spacial score (nSPS) is 19.3. The van der Waals surface area contributed by atoms with Gasteiger partial charge in [-0.2, -0.15) is 0 Å². The van der Waals surface area contributed by atoms with E-state index in [1.165, 1.54) is 11.0 Å². The van der Waals surface area contributed by atoms with Gasteiger partial charge in [-0.15, -0.1) is 0 Å². The fourth-order valence-electron chi connectivity index (χ4n) is 3.00. The Bertz CT molecular complexity index is 706. The zero-order valence-electron chi connectivity index (χ0n) is 15.9. The number of hydrogen-bond acceptors (Lipinski definition) is 3. The lowest BCUT2D eigenvalue weighted by molar-refractivity contribution is -0.125. The second kappa shape index (κ2) is 7.56. The molecule has 26 heavy (non-hydrogen) atoms. The summed E-state index contributed by atoms with van der Waals surface area (Å²) in [5.41, 5.74) is -0.319. The van der Waals surface area contributed by atoms with Gasteiger partial charge >= 0.3 is 6.09 Å². The molecule has 0 unspecified atom stereocenters. The highest BCUT2D eigenvalue weighted by Gasteiger charge is 2.46. The predicted octanol–water partition coefficient (Wildman–Crippen LogP) is 3.96. The minimum atomic E-state index is -1.73. The Morgan fingerprint density at radius 1 is 1.38 bits per heavy atom. The molecule has 144 valence electrons. The van der Waals surface area contributed by atoms with Crippen LogP contribution in [0.4, 0.5) is 9.18 Å². The van der Waals surface area contributed by atoms with E-state index < -0.39 is 31.6 Å². The Balaban J connectivity index is 2.09. The smallest absolute Gasteiger partial charge is 0.410 e. The van der Waals surface area contributed by atoms with Gasteiger partial charge in [0.2, 0.25) is 5.91 Å². The van der Waals surface area contributed by atoms with E-state index in [4.69, 9.17) is 16.3 Å². The van der Waals surface area contributed by atoms with Crippen LogP contribution in [0.3, 0.4) is 0 Å². The second-order valence-corrected chi connectivity index (χ2v) is 13.9. The number of carbonyl (C=O) groups is 2. The maximum absolute atomic E-state index is 14.0. The molecular formula is C18H26ClFN2O3Si. The van der Waals surface area contributed by atoms with Crippen molar-refractivity contribution >= 4 is 31.7 Å². The lowest BCUT2D eigenvalue weighted by atomic mass is 10.2. The van der Waals surface area contributed by atoms with Crippen molar-refractivity contribution < 1.29 is 18.7 Å². The lowest BCUT2D eigenvalue weighted by Crippen LogP contribution is -2.47. The molecule has 1 heterocycles. The van der Waals surface area contributed by atoms with E-state index in [1.54, 1.807) is 32.9 Å². The third-order valence-corrected chi connectivity index (χ3v) is 7.12. The monoisotopic (exact) mass is 400 g/mol. The molecule has 0 aliphatic carbocycles. The molecule has 0 aromatic heterocycles. The summed E-state index contributed by atoms with van der Waals surface area (Å²) in [7, 11) is -1.73. The van der Waals surface area contributed by atoms with Gasteiger partial charge in [-0.25, -0.2) is 9.18 Å². The molecular weight excluding hydrogens is 375 g/mol. The zero-order chi connectivity index (χ0) is 19.7. The van der Waals surface area contributed by atoms with Gasteiger partial charge in [0.05, 0.1) is 13.1 Å². The molecule has 0 radical (unpaired) electrons. The topological polar surface area (TPSA) is 58.6 Å². The maximum Gasteiger partial charge on any atom is 0.410 e. The van der Waals surface area contributed by atoms with Crippen molar-refractivity contribution in [1.82, 2.24) is 10.2 Å². The third-order valence-electron chi connectivity index (χ3n) is 4.14. The van der Waals surface area contributed by atoms with Crippen LogP contribution in [-0.4, -0.2) is 42.8 Å². The Hall–Kier alpha value is -1.60. The molecule has 8 heteroatoms. The molecule has 1 aromatic rings. The molecule has 1 atom stereocenters. The summed E-state index contributed by atoms with van der Waals surface area (Å²) < 4.78 is 19.4. The SMILES string of the molecule is CC(C)(C)OC(=O)N1C[Si](C)(C)C[C@H]1C(=O)NCc1cccc(Cl)c1F. The summed E-state index contributed by atoms with van der Waals surface area (Å²) in [5, 5.41) is 2.74. The van der Waals surface area contributed by atoms with Gasteiger partial charge in [0.25, 0.3) is 0 Å². The van der Waals surface area contributed by atoms with E-state index in [2.05, 4.69) is 18.4 Å². The van der Waals surface area contributed by atoms with Crippen LogP contribution in [0.2, 0.25) is 24.2 Å². The molecule has 1 saturated heterocycles. The molecule has 1 aliphatic rings. The second-order valence-electron chi connectivity index (χ2n) is 8.42. The highest BCUT2D eigenvalue weighted by Crippen LogP contribution is 2.28. The molecule has 0 bridgehead atoms. The van der Waals surface area contributed by atoms with Crippen molar-refractivity contribution in [2.24, 2.45) is 0 Å². The number of ether oxygens (including phenoxy) is 1. The Kier molecular flexibility index (Phi) is 6.02. The van der Waals surface area contributed by atoms with Crippen molar-refractivity contribution in [3.63, 3.8) is 0 Å². The number of amides is 2. The van der Waals surface area contributed by atoms with E-state index in [1.807, 2.05) is 0 Å². The van der Waals surface area contributed by atoms with Crippen LogP contribution in [-0.2, 0) is 16.1 Å². The minimum absolute atomic E-state index is 0.0153. The van der Waals surface area contributed by atoms with Crippen LogP contribution < -0.4 is 5.32 Å². The first-order chi connectivity index (χ1) is 11.9. The van der Waals surface area contributed by atoms with Crippen molar-refractivity contribution in [1.29, 1.82) is 0 Å². The van der Waals surface area contributed by atoms with Crippen LogP contribution in [0.1, 0.15) is 26.3 Å². The van der Waals surface area contributed by atoms with E-state index in [9.17, 15) is 14.0 Å². The maximum atomic E-state index is 14.0. The summed E-state index contributed by atoms with van der Waals surface area (Å²) in [6.45, 7) is 9.66. The molecule has 2 rings (SSSR count). The summed E-state index contributed by atoms with van der Waals surface area (Å²) in [5.74, 6) is -0.840. The lowest BCUT2D eigenvalue weighted by Gasteiger charge is -2.28. The average Bonchev–Trinajstić information content (AvgIpc) is 2.83. The van der Waals surface area contributed by atoms with Crippen LogP contribution in [0.5, 0.6) is 0 Å². The average molecular weight is 401 g/mol. The van der Waals surface area contributed by atoms with Gasteiger partial charge in [0.15, 0.2) is 0 Å². The summed E-state index contributed by atoms with van der Waals surface area (Å²) in [6.07, 6.45) is 0.0792. The molecule has 1 aromatic carbocycles. The molecule has 0 saturated carbocycles. The number of nitrogens with one attached hydrogen (secondary N) is 1. The largest absolute Gasteiger partial charge is 0.444 e. The van der Waals surface area contributed by atoms with Crippen LogP contribution >= 0.6 is 11.6 Å². The van der Waals surface area contributed by atoms with Crippen molar-refractivity contribution in [2.45, 2.75) is 58.1 Å². The summed E-state index contributed by atoms with van der Waals surface area (Å²) in [4.78, 5) is 26.7. The van der Waals surface area contributed by atoms with Crippen LogP contribution in [0.15, 0.2) is 18.2 Å². The predicted molar refractivity (Wildman–Crippen MR) is 102 cm³/mol. The molecule has 1 N–H and O–H groups in total. The molecule has 0 spiro atoms. The number of hydrogen-bond donors (Lipinski definition) is 1. The molecule has 1 aliphatic heterocycles. The first-order valence-electron chi connectivity index (χ1n) is 8.60. The number of rotatable bonds is 3. The van der Waals surface area contributed by atoms with Gasteiger partial charge in [0, 0.05) is 18.3 Å². The fraction of sp³-hybridized carbons (Fsp3) is 0.556. The van der Waals surface area contributed by atoms with Gasteiger partial charge in [0.1, 0.15) is 17.5 Å². The van der Waals surface area contributed by atoms with Crippen molar-refractivity contribution in [3.05, 3.63) is 34.6 Å². The van der Waals surface area contributed by atoms with Crippen LogP contribution in [0.25, 0.3) is 0 Å².